The molecule has 1 aromatic heterocycles. The van der Waals surface area contributed by atoms with Gasteiger partial charge in [-0.2, -0.15) is 0 Å². The molecule has 2 amide bonds. The van der Waals surface area contributed by atoms with E-state index in [1.54, 1.807) is 12.1 Å². The Kier molecular flexibility index (Phi) is 2.89. The molecule has 1 aliphatic heterocycles. The maximum absolute atomic E-state index is 12.2. The molecule has 0 radical (unpaired) electrons. The van der Waals surface area contributed by atoms with Gasteiger partial charge in [0.05, 0.1) is 17.3 Å². The quantitative estimate of drug-likeness (QED) is 0.620. The van der Waals surface area contributed by atoms with Gasteiger partial charge < -0.3 is 0 Å². The molecule has 0 saturated carbocycles. The van der Waals surface area contributed by atoms with Crippen molar-refractivity contribution in [2.24, 2.45) is 0 Å². The molecule has 0 spiro atoms. The Bertz CT molecular complexity index is 809. The summed E-state index contributed by atoms with van der Waals surface area (Å²) in [6.45, 7) is 0. The highest BCUT2D eigenvalue weighted by Crippen LogP contribution is 2.34. The van der Waals surface area contributed by atoms with Crippen molar-refractivity contribution in [3.05, 3.63) is 41.6 Å². The molecule has 0 N–H and O–H groups in total. The second kappa shape index (κ2) is 4.37. The van der Waals surface area contributed by atoms with Crippen LogP contribution in [-0.2, 0) is 9.05 Å². The molecular formula is C11H5ClN2O4S2. The minimum atomic E-state index is -3.98. The minimum Gasteiger partial charge on any atom is -0.268 e. The number of carbonyl (C=O) groups is 2. The van der Waals surface area contributed by atoms with Crippen LogP contribution in [0.25, 0.3) is 0 Å². The van der Waals surface area contributed by atoms with E-state index >= 15 is 0 Å². The number of thiazole rings is 1. The number of nitrogens with zero attached hydrogens (tertiary/aromatic N) is 2. The van der Waals surface area contributed by atoms with E-state index in [1.165, 1.54) is 12.1 Å². The number of aromatic nitrogens is 1. The second-order valence-electron chi connectivity index (χ2n) is 3.89. The van der Waals surface area contributed by atoms with E-state index in [-0.39, 0.29) is 20.5 Å². The number of rotatable bonds is 2. The summed E-state index contributed by atoms with van der Waals surface area (Å²) in [6.07, 6.45) is 1.14. The Morgan fingerprint density at radius 3 is 2.10 bits per heavy atom. The number of hydrogen-bond donors (Lipinski definition) is 0. The van der Waals surface area contributed by atoms with E-state index in [1.807, 2.05) is 0 Å². The highest BCUT2D eigenvalue weighted by molar-refractivity contribution is 8.15. The lowest BCUT2D eigenvalue weighted by atomic mass is 10.1. The highest BCUT2D eigenvalue weighted by Gasteiger charge is 2.37. The predicted octanol–water partition coefficient (Wildman–Crippen LogP) is 1.87. The molecule has 2 aromatic rings. The summed E-state index contributed by atoms with van der Waals surface area (Å²) in [5, 5.41) is 0.121. The Morgan fingerprint density at radius 1 is 1.10 bits per heavy atom. The number of halogens is 1. The Morgan fingerprint density at radius 2 is 1.65 bits per heavy atom. The SMILES string of the molecule is O=C1c2ccccc2C(=O)N1c1cnc(S(=O)(=O)Cl)s1. The van der Waals surface area contributed by atoms with Crippen molar-refractivity contribution in [3.8, 4) is 0 Å². The van der Waals surface area contributed by atoms with E-state index < -0.39 is 20.9 Å². The predicted molar refractivity (Wildman–Crippen MR) is 72.7 cm³/mol. The maximum Gasteiger partial charge on any atom is 0.288 e. The van der Waals surface area contributed by atoms with Crippen molar-refractivity contribution < 1.29 is 18.0 Å². The van der Waals surface area contributed by atoms with Crippen molar-refractivity contribution in [1.29, 1.82) is 0 Å². The van der Waals surface area contributed by atoms with Crippen LogP contribution >= 0.6 is 22.0 Å². The molecule has 0 atom stereocenters. The highest BCUT2D eigenvalue weighted by atomic mass is 35.7. The van der Waals surface area contributed by atoms with Crippen LogP contribution in [-0.4, -0.2) is 25.2 Å². The first-order chi connectivity index (χ1) is 9.39. The van der Waals surface area contributed by atoms with Crippen molar-refractivity contribution in [1.82, 2.24) is 4.98 Å². The van der Waals surface area contributed by atoms with Crippen LogP contribution in [0.2, 0.25) is 0 Å². The molecule has 0 saturated heterocycles. The van der Waals surface area contributed by atoms with Crippen molar-refractivity contribution in [2.75, 3.05) is 4.90 Å². The average molecular weight is 329 g/mol. The number of amides is 2. The zero-order valence-electron chi connectivity index (χ0n) is 9.61. The lowest BCUT2D eigenvalue weighted by molar-refractivity contribution is 0.0927. The summed E-state index contributed by atoms with van der Waals surface area (Å²) >= 11 is 0.668. The van der Waals surface area contributed by atoms with Crippen LogP contribution in [0.4, 0.5) is 5.00 Å². The number of imide groups is 1. The minimum absolute atomic E-state index is 0.121. The van der Waals surface area contributed by atoms with Gasteiger partial charge in [-0.15, -0.1) is 0 Å². The number of anilines is 1. The molecular weight excluding hydrogens is 324 g/mol. The number of hydrogen-bond acceptors (Lipinski definition) is 6. The molecule has 3 rings (SSSR count). The molecule has 2 heterocycles. The van der Waals surface area contributed by atoms with E-state index in [4.69, 9.17) is 10.7 Å². The number of benzene rings is 1. The van der Waals surface area contributed by atoms with Gasteiger partial charge >= 0.3 is 0 Å². The fourth-order valence-corrected chi connectivity index (χ4v) is 3.74. The number of carbonyl (C=O) groups excluding carboxylic acids is 2. The molecule has 0 aliphatic carbocycles. The lowest BCUT2D eigenvalue weighted by Crippen LogP contribution is -2.28. The largest absolute Gasteiger partial charge is 0.288 e. The Balaban J connectivity index is 2.08. The third-order valence-electron chi connectivity index (χ3n) is 2.70. The zero-order chi connectivity index (χ0) is 14.5. The molecule has 6 nitrogen and oxygen atoms in total. The van der Waals surface area contributed by atoms with Crippen LogP contribution in [0.1, 0.15) is 20.7 Å². The molecule has 102 valence electrons. The topological polar surface area (TPSA) is 84.4 Å². The van der Waals surface area contributed by atoms with Gasteiger partial charge in [-0.1, -0.05) is 23.5 Å². The van der Waals surface area contributed by atoms with Gasteiger partial charge in [0.2, 0.25) is 4.34 Å². The maximum atomic E-state index is 12.2. The first kappa shape index (κ1) is 13.2. The van der Waals surface area contributed by atoms with Crippen LogP contribution in [0.15, 0.2) is 34.8 Å². The average Bonchev–Trinajstić information content (AvgIpc) is 2.95. The van der Waals surface area contributed by atoms with Gasteiger partial charge in [0.1, 0.15) is 5.00 Å². The monoisotopic (exact) mass is 328 g/mol. The van der Waals surface area contributed by atoms with Crippen LogP contribution in [0.5, 0.6) is 0 Å². The fourth-order valence-electron chi connectivity index (χ4n) is 1.86. The summed E-state index contributed by atoms with van der Waals surface area (Å²) in [5.74, 6) is -1.01. The van der Waals surface area contributed by atoms with Crippen molar-refractivity contribution >= 4 is 47.9 Å². The standard InChI is InChI=1S/C11H5ClN2O4S2/c12-20(17,18)11-13-5-8(19-11)14-9(15)6-3-1-2-4-7(6)10(14)16/h1-5H. The van der Waals surface area contributed by atoms with Gasteiger partial charge in [-0.3, -0.25) is 9.59 Å². The number of fused-ring (bicyclic) bond motifs is 1. The van der Waals surface area contributed by atoms with Crippen molar-refractivity contribution in [2.45, 2.75) is 4.34 Å². The second-order valence-corrected chi connectivity index (χ2v) is 7.64. The summed E-state index contributed by atoms with van der Waals surface area (Å²) in [4.78, 5) is 28.8. The van der Waals surface area contributed by atoms with Gasteiger partial charge in [0.15, 0.2) is 0 Å². The third kappa shape index (κ3) is 1.92. The molecule has 20 heavy (non-hydrogen) atoms. The molecule has 0 fully saturated rings. The smallest absolute Gasteiger partial charge is 0.268 e. The van der Waals surface area contributed by atoms with Gasteiger partial charge in [0.25, 0.3) is 20.9 Å². The molecule has 0 bridgehead atoms. The zero-order valence-corrected chi connectivity index (χ0v) is 12.0. The summed E-state index contributed by atoms with van der Waals surface area (Å²) in [6, 6.07) is 6.37. The van der Waals surface area contributed by atoms with E-state index in [2.05, 4.69) is 4.98 Å². The Hall–Kier alpha value is -1.77. The van der Waals surface area contributed by atoms with Crippen LogP contribution < -0.4 is 4.90 Å². The van der Waals surface area contributed by atoms with Gasteiger partial charge in [-0.25, -0.2) is 18.3 Å². The van der Waals surface area contributed by atoms with Gasteiger partial charge in [0, 0.05) is 10.7 Å². The first-order valence-corrected chi connectivity index (χ1v) is 8.40. The van der Waals surface area contributed by atoms with E-state index in [0.717, 1.165) is 11.1 Å². The Labute approximate surface area is 122 Å². The molecule has 0 unspecified atom stereocenters. The van der Waals surface area contributed by atoms with Gasteiger partial charge in [-0.05, 0) is 12.1 Å². The van der Waals surface area contributed by atoms with Crippen molar-refractivity contribution in [3.63, 3.8) is 0 Å². The van der Waals surface area contributed by atoms with E-state index in [9.17, 15) is 18.0 Å². The van der Waals surface area contributed by atoms with E-state index in [0.29, 0.717) is 11.3 Å². The third-order valence-corrected chi connectivity index (χ3v) is 5.62. The molecule has 1 aromatic carbocycles. The summed E-state index contributed by atoms with van der Waals surface area (Å²) in [5.41, 5.74) is 0.558. The summed E-state index contributed by atoms with van der Waals surface area (Å²) < 4.78 is 22.0. The van der Waals surface area contributed by atoms with Crippen LogP contribution in [0.3, 0.4) is 0 Å². The normalized spacial score (nSPS) is 14.8. The fraction of sp³-hybridized carbons (Fsp3) is 0. The lowest BCUT2D eigenvalue weighted by Gasteiger charge is -2.09. The molecule has 9 heteroatoms. The first-order valence-electron chi connectivity index (χ1n) is 5.28. The molecule has 1 aliphatic rings. The van der Waals surface area contributed by atoms with Crippen LogP contribution in [0, 0.1) is 0 Å². The summed E-state index contributed by atoms with van der Waals surface area (Å²) in [7, 11) is 1.19.